The number of anilines is 1. The summed E-state index contributed by atoms with van der Waals surface area (Å²) in [6.45, 7) is 3.79. The molecule has 0 aromatic heterocycles. The minimum absolute atomic E-state index is 0.0212. The smallest absolute Gasteiger partial charge is 0.354 e. The number of ether oxygens (including phenoxy) is 2. The Hall–Kier alpha value is -1.82. The van der Waals surface area contributed by atoms with Crippen LogP contribution in [0.3, 0.4) is 0 Å². The topological polar surface area (TPSA) is 64.6 Å². The van der Waals surface area contributed by atoms with E-state index in [0.29, 0.717) is 0 Å². The lowest BCUT2D eigenvalue weighted by atomic mass is 10.1. The maximum atomic E-state index is 11.7. The van der Waals surface area contributed by atoms with E-state index in [0.717, 1.165) is 27.4 Å². The van der Waals surface area contributed by atoms with E-state index in [2.05, 4.69) is 30.7 Å². The van der Waals surface area contributed by atoms with E-state index in [1.807, 2.05) is 26.0 Å². The third-order valence-electron chi connectivity index (χ3n) is 2.63. The predicted molar refractivity (Wildman–Crippen MR) is 79.4 cm³/mol. The number of hydrogen-bond donors (Lipinski definition) is 1. The number of aryl methyl sites for hydroxylation is 2. The molecule has 6 heteroatoms. The number of carbonyl (C=O) groups is 2. The molecule has 5 nitrogen and oxygen atoms in total. The van der Waals surface area contributed by atoms with E-state index >= 15 is 0 Å². The molecular formula is C14H16BrNO4. The molecule has 0 amide bonds. The number of methoxy groups -OCH3 is 2. The summed E-state index contributed by atoms with van der Waals surface area (Å²) < 4.78 is 10.1. The molecule has 0 spiro atoms. The van der Waals surface area contributed by atoms with Gasteiger partial charge >= 0.3 is 11.9 Å². The first-order valence-corrected chi connectivity index (χ1v) is 6.60. The largest absolute Gasteiger partial charge is 0.466 e. The van der Waals surface area contributed by atoms with Crippen molar-refractivity contribution in [1.82, 2.24) is 0 Å². The SMILES string of the molecule is COC(=O)/C=C(/Nc1c(C)cc(Br)cc1C)C(=O)OC. The second-order valence-electron chi connectivity index (χ2n) is 4.11. The summed E-state index contributed by atoms with van der Waals surface area (Å²) in [4.78, 5) is 23.0. The van der Waals surface area contributed by atoms with Gasteiger partial charge in [-0.05, 0) is 37.1 Å². The quantitative estimate of drug-likeness (QED) is 0.673. The Morgan fingerprint density at radius 2 is 1.70 bits per heavy atom. The summed E-state index contributed by atoms with van der Waals surface area (Å²) in [6, 6.07) is 3.81. The molecule has 0 radical (unpaired) electrons. The van der Waals surface area contributed by atoms with Gasteiger partial charge in [0.05, 0.1) is 20.3 Å². The monoisotopic (exact) mass is 341 g/mol. The van der Waals surface area contributed by atoms with Crippen LogP contribution >= 0.6 is 15.9 Å². The van der Waals surface area contributed by atoms with Crippen LogP contribution in [0.2, 0.25) is 0 Å². The van der Waals surface area contributed by atoms with Gasteiger partial charge in [0, 0.05) is 10.2 Å². The minimum Gasteiger partial charge on any atom is -0.466 e. The molecule has 0 heterocycles. The molecular weight excluding hydrogens is 326 g/mol. The van der Waals surface area contributed by atoms with Crippen LogP contribution in [-0.2, 0) is 19.1 Å². The van der Waals surface area contributed by atoms with Crippen molar-refractivity contribution >= 4 is 33.6 Å². The van der Waals surface area contributed by atoms with Crippen LogP contribution in [0.25, 0.3) is 0 Å². The van der Waals surface area contributed by atoms with Crippen LogP contribution < -0.4 is 5.32 Å². The van der Waals surface area contributed by atoms with Crippen LogP contribution in [0.1, 0.15) is 11.1 Å². The highest BCUT2D eigenvalue weighted by molar-refractivity contribution is 9.10. The Kier molecular flexibility index (Phi) is 5.76. The maximum absolute atomic E-state index is 11.7. The van der Waals surface area contributed by atoms with Crippen molar-refractivity contribution in [2.45, 2.75) is 13.8 Å². The van der Waals surface area contributed by atoms with E-state index in [1.54, 1.807) is 0 Å². The van der Waals surface area contributed by atoms with E-state index in [9.17, 15) is 9.59 Å². The van der Waals surface area contributed by atoms with E-state index in [4.69, 9.17) is 0 Å². The fourth-order valence-electron chi connectivity index (χ4n) is 1.68. The molecule has 0 aliphatic heterocycles. The zero-order chi connectivity index (χ0) is 15.3. The molecule has 1 rings (SSSR count). The van der Waals surface area contributed by atoms with E-state index < -0.39 is 11.9 Å². The highest BCUT2D eigenvalue weighted by atomic mass is 79.9. The summed E-state index contributed by atoms with van der Waals surface area (Å²) in [5, 5.41) is 2.92. The van der Waals surface area contributed by atoms with Gasteiger partial charge in [-0.3, -0.25) is 0 Å². The van der Waals surface area contributed by atoms with Gasteiger partial charge in [0.15, 0.2) is 0 Å². The van der Waals surface area contributed by atoms with E-state index in [1.165, 1.54) is 14.2 Å². The van der Waals surface area contributed by atoms with Crippen molar-refractivity contribution in [3.63, 3.8) is 0 Å². The van der Waals surface area contributed by atoms with Crippen molar-refractivity contribution < 1.29 is 19.1 Å². The number of rotatable bonds is 4. The lowest BCUT2D eigenvalue weighted by Gasteiger charge is -2.14. The Labute approximate surface area is 126 Å². The second-order valence-corrected chi connectivity index (χ2v) is 5.03. The molecule has 0 saturated heterocycles. The number of nitrogens with one attached hydrogen (secondary N) is 1. The molecule has 1 N–H and O–H groups in total. The van der Waals surface area contributed by atoms with Gasteiger partial charge in [-0.25, -0.2) is 9.59 Å². The van der Waals surface area contributed by atoms with Crippen LogP contribution in [0, 0.1) is 13.8 Å². The second kappa shape index (κ2) is 7.09. The van der Waals surface area contributed by atoms with Crippen LogP contribution in [0.5, 0.6) is 0 Å². The van der Waals surface area contributed by atoms with Crippen LogP contribution in [-0.4, -0.2) is 26.2 Å². The summed E-state index contributed by atoms with van der Waals surface area (Å²) in [5.74, 6) is -1.28. The van der Waals surface area contributed by atoms with Gasteiger partial charge in [0.1, 0.15) is 5.70 Å². The molecule has 20 heavy (non-hydrogen) atoms. The maximum Gasteiger partial charge on any atom is 0.354 e. The third-order valence-corrected chi connectivity index (χ3v) is 3.08. The number of halogens is 1. The number of esters is 2. The standard InChI is InChI=1S/C14H16BrNO4/c1-8-5-10(15)6-9(2)13(8)16-11(14(18)20-4)7-12(17)19-3/h5-7,16H,1-4H3/b11-7+. The van der Waals surface area contributed by atoms with Crippen molar-refractivity contribution in [3.05, 3.63) is 39.5 Å². The van der Waals surface area contributed by atoms with Gasteiger partial charge in [-0.2, -0.15) is 0 Å². The third kappa shape index (κ3) is 4.09. The average molecular weight is 342 g/mol. The zero-order valence-corrected chi connectivity index (χ0v) is 13.3. The van der Waals surface area contributed by atoms with E-state index in [-0.39, 0.29) is 5.70 Å². The van der Waals surface area contributed by atoms with Crippen LogP contribution in [0.4, 0.5) is 5.69 Å². The van der Waals surface area contributed by atoms with Gasteiger partial charge in [0.25, 0.3) is 0 Å². The summed E-state index contributed by atoms with van der Waals surface area (Å²) >= 11 is 3.40. The first kappa shape index (κ1) is 16.2. The predicted octanol–water partition coefficient (Wildman–Crippen LogP) is 2.71. The van der Waals surface area contributed by atoms with Gasteiger partial charge in [0.2, 0.25) is 0 Å². The minimum atomic E-state index is -0.642. The first-order valence-electron chi connectivity index (χ1n) is 5.80. The molecule has 0 aliphatic rings. The van der Waals surface area contributed by atoms with Crippen molar-refractivity contribution in [2.75, 3.05) is 19.5 Å². The van der Waals surface area contributed by atoms with Gasteiger partial charge in [-0.1, -0.05) is 15.9 Å². The molecule has 0 bridgehead atoms. The fourth-order valence-corrected chi connectivity index (χ4v) is 2.36. The molecule has 108 valence electrons. The fraction of sp³-hybridized carbons (Fsp3) is 0.286. The molecule has 1 aromatic rings. The van der Waals surface area contributed by atoms with Crippen molar-refractivity contribution in [2.24, 2.45) is 0 Å². The normalized spacial score (nSPS) is 10.9. The highest BCUT2D eigenvalue weighted by Crippen LogP contribution is 2.26. The first-order chi connectivity index (χ1) is 9.38. The molecule has 0 fully saturated rings. The Morgan fingerprint density at radius 1 is 1.15 bits per heavy atom. The molecule has 1 aromatic carbocycles. The summed E-state index contributed by atoms with van der Waals surface area (Å²) in [5.41, 5.74) is 2.62. The van der Waals surface area contributed by atoms with Crippen molar-refractivity contribution in [3.8, 4) is 0 Å². The lowest BCUT2D eigenvalue weighted by molar-refractivity contribution is -0.138. The molecule has 0 aliphatic carbocycles. The Balaban J connectivity index is 3.17. The van der Waals surface area contributed by atoms with Crippen molar-refractivity contribution in [1.29, 1.82) is 0 Å². The van der Waals surface area contributed by atoms with Gasteiger partial charge in [-0.15, -0.1) is 0 Å². The molecule has 0 atom stereocenters. The molecule has 0 saturated carbocycles. The Bertz CT molecular complexity index is 543. The number of benzene rings is 1. The highest BCUT2D eigenvalue weighted by Gasteiger charge is 2.15. The average Bonchev–Trinajstić information content (AvgIpc) is 2.40. The summed E-state index contributed by atoms with van der Waals surface area (Å²) in [6.07, 6.45) is 1.06. The summed E-state index contributed by atoms with van der Waals surface area (Å²) in [7, 11) is 2.49. The lowest BCUT2D eigenvalue weighted by Crippen LogP contribution is -2.16. The van der Waals surface area contributed by atoms with Gasteiger partial charge < -0.3 is 14.8 Å². The molecule has 0 unspecified atom stereocenters. The van der Waals surface area contributed by atoms with Crippen LogP contribution in [0.15, 0.2) is 28.4 Å². The Morgan fingerprint density at radius 3 is 2.15 bits per heavy atom. The number of carbonyl (C=O) groups excluding carboxylic acids is 2. The zero-order valence-electron chi connectivity index (χ0n) is 11.7. The number of hydrogen-bond acceptors (Lipinski definition) is 5.